The highest BCUT2D eigenvalue weighted by Gasteiger charge is 2.12. The lowest BCUT2D eigenvalue weighted by Gasteiger charge is -2.26. The Bertz CT molecular complexity index is 586. The lowest BCUT2D eigenvalue weighted by Crippen LogP contribution is -2.39. The molecule has 2 fully saturated rings. The minimum atomic E-state index is 0. The molecule has 0 spiro atoms. The number of hydrogen-bond acceptors (Lipinski definition) is 4. The Labute approximate surface area is 186 Å². The van der Waals surface area contributed by atoms with Crippen molar-refractivity contribution >= 4 is 29.9 Å². The van der Waals surface area contributed by atoms with E-state index in [4.69, 9.17) is 15.2 Å². The lowest BCUT2D eigenvalue weighted by atomic mass is 10.1. The number of hydrogen-bond donors (Lipinski definition) is 2. The number of nitrogens with two attached hydrogens (primary N) is 1. The quantitative estimate of drug-likeness (QED) is 0.260. The maximum absolute atomic E-state index is 6.10. The summed E-state index contributed by atoms with van der Waals surface area (Å²) in [7, 11) is 0. The Balaban J connectivity index is 0.00000280. The smallest absolute Gasteiger partial charge is 0.189 e. The van der Waals surface area contributed by atoms with Crippen molar-refractivity contribution < 1.29 is 9.47 Å². The first kappa shape index (κ1) is 23.2. The average Bonchev–Trinajstić information content (AvgIpc) is 2.96. The van der Waals surface area contributed by atoms with Gasteiger partial charge in [0.2, 0.25) is 0 Å². The van der Waals surface area contributed by atoms with Crippen molar-refractivity contribution in [3.63, 3.8) is 0 Å². The molecule has 1 saturated heterocycles. The van der Waals surface area contributed by atoms with Crippen LogP contribution in [0.2, 0.25) is 0 Å². The first-order chi connectivity index (χ1) is 13.3. The van der Waals surface area contributed by atoms with Gasteiger partial charge in [-0.3, -0.25) is 4.90 Å². The van der Waals surface area contributed by atoms with E-state index in [9.17, 15) is 0 Å². The van der Waals surface area contributed by atoms with Crippen LogP contribution in [0.15, 0.2) is 29.3 Å². The van der Waals surface area contributed by atoms with Gasteiger partial charge in [-0.15, -0.1) is 24.0 Å². The summed E-state index contributed by atoms with van der Waals surface area (Å²) in [6.45, 7) is 5.83. The number of aliphatic imine (C=N–C) groups is 1. The topological polar surface area (TPSA) is 72.1 Å². The van der Waals surface area contributed by atoms with Gasteiger partial charge in [-0.25, -0.2) is 4.99 Å². The summed E-state index contributed by atoms with van der Waals surface area (Å²) in [5.74, 6) is 1.45. The number of rotatable bonds is 7. The number of guanidine groups is 1. The molecule has 0 unspecified atom stereocenters. The van der Waals surface area contributed by atoms with Gasteiger partial charge in [0, 0.05) is 25.7 Å². The highest BCUT2D eigenvalue weighted by molar-refractivity contribution is 14.0. The minimum absolute atomic E-state index is 0. The van der Waals surface area contributed by atoms with Gasteiger partial charge in [0.05, 0.1) is 19.8 Å². The van der Waals surface area contributed by atoms with Crippen molar-refractivity contribution in [3.8, 4) is 5.75 Å². The van der Waals surface area contributed by atoms with Crippen molar-refractivity contribution in [2.45, 2.75) is 51.1 Å². The summed E-state index contributed by atoms with van der Waals surface area (Å²) in [6.07, 6.45) is 7.65. The SMILES string of the molecule is I.NC(=NCc1cccc(OCCN2CCOCC2)c1)NC1CCCCCC1. The van der Waals surface area contributed by atoms with Gasteiger partial charge in [-0.05, 0) is 30.5 Å². The number of nitrogens with zero attached hydrogens (tertiary/aromatic N) is 2. The van der Waals surface area contributed by atoms with Crippen LogP contribution in [0.25, 0.3) is 0 Å². The third-order valence-electron chi connectivity index (χ3n) is 5.32. The van der Waals surface area contributed by atoms with Crippen LogP contribution in [0.5, 0.6) is 5.75 Å². The van der Waals surface area contributed by atoms with Crippen LogP contribution in [0.3, 0.4) is 0 Å². The van der Waals surface area contributed by atoms with Crippen LogP contribution in [-0.2, 0) is 11.3 Å². The van der Waals surface area contributed by atoms with Gasteiger partial charge in [0.15, 0.2) is 5.96 Å². The normalized spacial score (nSPS) is 19.5. The summed E-state index contributed by atoms with van der Waals surface area (Å²) in [5, 5.41) is 3.40. The molecule has 1 aromatic carbocycles. The molecule has 0 amide bonds. The second-order valence-electron chi connectivity index (χ2n) is 7.48. The molecule has 1 heterocycles. The van der Waals surface area contributed by atoms with Crippen molar-refractivity contribution in [2.75, 3.05) is 39.5 Å². The summed E-state index contributed by atoms with van der Waals surface area (Å²) >= 11 is 0. The number of morpholine rings is 1. The molecular formula is C21H35IN4O2. The monoisotopic (exact) mass is 502 g/mol. The van der Waals surface area contributed by atoms with E-state index in [-0.39, 0.29) is 24.0 Å². The fraction of sp³-hybridized carbons (Fsp3) is 0.667. The molecule has 28 heavy (non-hydrogen) atoms. The fourth-order valence-electron chi connectivity index (χ4n) is 3.71. The highest BCUT2D eigenvalue weighted by Crippen LogP contribution is 2.17. The summed E-state index contributed by atoms with van der Waals surface area (Å²) in [5.41, 5.74) is 7.21. The van der Waals surface area contributed by atoms with Gasteiger partial charge < -0.3 is 20.5 Å². The first-order valence-corrected chi connectivity index (χ1v) is 10.4. The molecule has 0 radical (unpaired) electrons. The van der Waals surface area contributed by atoms with E-state index in [2.05, 4.69) is 27.3 Å². The maximum atomic E-state index is 6.10. The zero-order valence-electron chi connectivity index (χ0n) is 16.8. The van der Waals surface area contributed by atoms with E-state index >= 15 is 0 Å². The van der Waals surface area contributed by atoms with E-state index in [1.807, 2.05) is 12.1 Å². The minimum Gasteiger partial charge on any atom is -0.492 e. The van der Waals surface area contributed by atoms with Crippen LogP contribution >= 0.6 is 24.0 Å². The Hall–Kier alpha value is -1.06. The zero-order valence-corrected chi connectivity index (χ0v) is 19.1. The van der Waals surface area contributed by atoms with Crippen molar-refractivity contribution in [1.82, 2.24) is 10.2 Å². The molecule has 3 rings (SSSR count). The van der Waals surface area contributed by atoms with Gasteiger partial charge in [0.25, 0.3) is 0 Å². The van der Waals surface area contributed by atoms with Crippen LogP contribution in [0, 0.1) is 0 Å². The van der Waals surface area contributed by atoms with E-state index < -0.39 is 0 Å². The molecule has 7 heteroatoms. The predicted octanol–water partition coefficient (Wildman–Crippen LogP) is 3.14. The molecule has 0 bridgehead atoms. The third-order valence-corrected chi connectivity index (χ3v) is 5.32. The van der Waals surface area contributed by atoms with Gasteiger partial charge in [-0.1, -0.05) is 37.8 Å². The average molecular weight is 502 g/mol. The van der Waals surface area contributed by atoms with Crippen molar-refractivity contribution in [1.29, 1.82) is 0 Å². The van der Waals surface area contributed by atoms with Gasteiger partial charge in [-0.2, -0.15) is 0 Å². The molecule has 2 aliphatic rings. The maximum Gasteiger partial charge on any atom is 0.189 e. The number of ether oxygens (including phenoxy) is 2. The Morgan fingerprint density at radius 3 is 2.68 bits per heavy atom. The first-order valence-electron chi connectivity index (χ1n) is 10.4. The third kappa shape index (κ3) is 8.53. The van der Waals surface area contributed by atoms with Crippen molar-refractivity contribution in [2.24, 2.45) is 10.7 Å². The largest absolute Gasteiger partial charge is 0.492 e. The molecule has 1 saturated carbocycles. The molecular weight excluding hydrogens is 467 g/mol. The van der Waals surface area contributed by atoms with Crippen LogP contribution < -0.4 is 15.8 Å². The second-order valence-corrected chi connectivity index (χ2v) is 7.48. The van der Waals surface area contributed by atoms with Gasteiger partial charge >= 0.3 is 0 Å². The molecule has 158 valence electrons. The number of nitrogens with one attached hydrogen (secondary N) is 1. The standard InChI is InChI=1S/C21H34N4O2.HI/c22-21(24-19-7-3-1-2-4-8-19)23-17-18-6-5-9-20(16-18)27-15-12-25-10-13-26-14-11-25;/h5-6,9,16,19H,1-4,7-8,10-15,17H2,(H3,22,23,24);1H. The fourth-order valence-corrected chi connectivity index (χ4v) is 3.71. The van der Waals surface area contributed by atoms with E-state index in [0.717, 1.165) is 44.2 Å². The lowest BCUT2D eigenvalue weighted by molar-refractivity contribution is 0.0322. The van der Waals surface area contributed by atoms with Crippen LogP contribution in [0.1, 0.15) is 44.1 Å². The molecule has 1 aliphatic heterocycles. The highest BCUT2D eigenvalue weighted by atomic mass is 127. The Morgan fingerprint density at radius 1 is 1.18 bits per heavy atom. The molecule has 0 atom stereocenters. The summed E-state index contributed by atoms with van der Waals surface area (Å²) < 4.78 is 11.3. The molecule has 0 aromatic heterocycles. The molecule has 3 N–H and O–H groups in total. The Kier molecular flexibility index (Phi) is 11.0. The van der Waals surface area contributed by atoms with E-state index in [1.165, 1.54) is 38.5 Å². The summed E-state index contributed by atoms with van der Waals surface area (Å²) in [6, 6.07) is 8.62. The zero-order chi connectivity index (χ0) is 18.7. The van der Waals surface area contributed by atoms with E-state index in [0.29, 0.717) is 25.2 Å². The molecule has 1 aromatic rings. The summed E-state index contributed by atoms with van der Waals surface area (Å²) in [4.78, 5) is 6.89. The predicted molar refractivity (Wildman–Crippen MR) is 125 cm³/mol. The number of benzene rings is 1. The Morgan fingerprint density at radius 2 is 1.93 bits per heavy atom. The number of halogens is 1. The van der Waals surface area contributed by atoms with Crippen molar-refractivity contribution in [3.05, 3.63) is 29.8 Å². The van der Waals surface area contributed by atoms with Gasteiger partial charge in [0.1, 0.15) is 12.4 Å². The van der Waals surface area contributed by atoms with Crippen LogP contribution in [0.4, 0.5) is 0 Å². The molecule has 1 aliphatic carbocycles. The van der Waals surface area contributed by atoms with Crippen LogP contribution in [-0.4, -0.2) is 56.4 Å². The molecule has 6 nitrogen and oxygen atoms in total. The second kappa shape index (κ2) is 13.2. The van der Waals surface area contributed by atoms with E-state index in [1.54, 1.807) is 0 Å².